The minimum atomic E-state index is -0.669. The summed E-state index contributed by atoms with van der Waals surface area (Å²) in [4.78, 5) is 0. The summed E-state index contributed by atoms with van der Waals surface area (Å²) < 4.78 is 5.23. The number of hydrogen-bond donors (Lipinski definition) is 1. The molecular formula is C16H24O2. The minimum absolute atomic E-state index is 0.222. The Hall–Kier alpha value is -1.02. The van der Waals surface area contributed by atoms with Crippen molar-refractivity contribution in [1.29, 1.82) is 0 Å². The van der Waals surface area contributed by atoms with Crippen LogP contribution < -0.4 is 4.74 Å². The SMILES string of the molecule is COc1ccc(C2(O)CCCC(C)(C)C2)c(C)c1. The molecule has 1 aromatic rings. The highest BCUT2D eigenvalue weighted by Gasteiger charge is 2.40. The largest absolute Gasteiger partial charge is 0.497 e. The lowest BCUT2D eigenvalue weighted by Gasteiger charge is -2.42. The summed E-state index contributed by atoms with van der Waals surface area (Å²) in [7, 11) is 1.67. The number of benzene rings is 1. The van der Waals surface area contributed by atoms with Crippen LogP contribution in [0.5, 0.6) is 5.75 Å². The highest BCUT2D eigenvalue weighted by atomic mass is 16.5. The summed E-state index contributed by atoms with van der Waals surface area (Å²) >= 11 is 0. The summed E-state index contributed by atoms with van der Waals surface area (Å²) in [6.07, 6.45) is 4.00. The van der Waals surface area contributed by atoms with E-state index >= 15 is 0 Å². The van der Waals surface area contributed by atoms with Gasteiger partial charge < -0.3 is 9.84 Å². The van der Waals surface area contributed by atoms with E-state index in [1.807, 2.05) is 18.2 Å². The van der Waals surface area contributed by atoms with Crippen LogP contribution in [0.25, 0.3) is 0 Å². The monoisotopic (exact) mass is 248 g/mol. The van der Waals surface area contributed by atoms with Crippen molar-refractivity contribution in [2.75, 3.05) is 7.11 Å². The average molecular weight is 248 g/mol. The topological polar surface area (TPSA) is 29.5 Å². The van der Waals surface area contributed by atoms with Crippen LogP contribution in [0, 0.1) is 12.3 Å². The van der Waals surface area contributed by atoms with E-state index in [2.05, 4.69) is 20.8 Å². The second kappa shape index (κ2) is 4.58. The molecule has 2 rings (SSSR count). The maximum atomic E-state index is 11.0. The standard InChI is InChI=1S/C16H24O2/c1-12-10-13(18-4)6-7-14(12)16(17)9-5-8-15(2,3)11-16/h6-7,10,17H,5,8-9,11H2,1-4H3. The molecule has 0 saturated heterocycles. The van der Waals surface area contributed by atoms with Crippen LogP contribution in [-0.2, 0) is 5.60 Å². The number of hydrogen-bond acceptors (Lipinski definition) is 2. The molecule has 1 aromatic carbocycles. The summed E-state index contributed by atoms with van der Waals surface area (Å²) in [6, 6.07) is 5.98. The van der Waals surface area contributed by atoms with Crippen LogP contribution in [0.3, 0.4) is 0 Å². The molecule has 0 heterocycles. The molecule has 0 spiro atoms. The first-order chi connectivity index (χ1) is 8.36. The van der Waals surface area contributed by atoms with E-state index in [4.69, 9.17) is 4.74 Å². The highest BCUT2D eigenvalue weighted by molar-refractivity contribution is 5.38. The molecule has 1 atom stereocenters. The van der Waals surface area contributed by atoms with Crippen molar-refractivity contribution in [3.63, 3.8) is 0 Å². The van der Waals surface area contributed by atoms with Gasteiger partial charge in [0.1, 0.15) is 5.75 Å². The van der Waals surface area contributed by atoms with Gasteiger partial charge in [0, 0.05) is 0 Å². The number of aliphatic hydroxyl groups is 1. The molecule has 0 radical (unpaired) electrons. The Kier molecular flexibility index (Phi) is 3.41. The fraction of sp³-hybridized carbons (Fsp3) is 0.625. The quantitative estimate of drug-likeness (QED) is 0.862. The minimum Gasteiger partial charge on any atom is -0.497 e. The third-order valence-corrected chi connectivity index (χ3v) is 4.15. The molecular weight excluding hydrogens is 224 g/mol. The van der Waals surface area contributed by atoms with Crippen LogP contribution >= 0.6 is 0 Å². The first-order valence-electron chi connectivity index (χ1n) is 6.74. The fourth-order valence-corrected chi connectivity index (χ4v) is 3.34. The molecule has 18 heavy (non-hydrogen) atoms. The van der Waals surface area contributed by atoms with Crippen molar-refractivity contribution in [3.8, 4) is 5.75 Å². The molecule has 100 valence electrons. The molecule has 1 N–H and O–H groups in total. The van der Waals surface area contributed by atoms with Gasteiger partial charge in [0.05, 0.1) is 12.7 Å². The van der Waals surface area contributed by atoms with Gasteiger partial charge in [0.2, 0.25) is 0 Å². The Bertz CT molecular complexity index is 437. The summed E-state index contributed by atoms with van der Waals surface area (Å²) in [5.41, 5.74) is 1.74. The first-order valence-corrected chi connectivity index (χ1v) is 6.74. The van der Waals surface area contributed by atoms with Gasteiger partial charge in [-0.25, -0.2) is 0 Å². The fourth-order valence-electron chi connectivity index (χ4n) is 3.34. The zero-order valence-corrected chi connectivity index (χ0v) is 11.9. The molecule has 0 aliphatic heterocycles. The maximum absolute atomic E-state index is 11.0. The Labute approximate surface area is 110 Å². The van der Waals surface area contributed by atoms with E-state index < -0.39 is 5.60 Å². The molecule has 1 saturated carbocycles. The van der Waals surface area contributed by atoms with E-state index in [1.165, 1.54) is 6.42 Å². The second-order valence-electron chi connectivity index (χ2n) is 6.41. The molecule has 0 aromatic heterocycles. The van der Waals surface area contributed by atoms with Gasteiger partial charge in [-0.2, -0.15) is 0 Å². The van der Waals surface area contributed by atoms with E-state index in [0.717, 1.165) is 36.1 Å². The maximum Gasteiger partial charge on any atom is 0.119 e. The van der Waals surface area contributed by atoms with Gasteiger partial charge in [-0.15, -0.1) is 0 Å². The van der Waals surface area contributed by atoms with Crippen molar-refractivity contribution >= 4 is 0 Å². The number of rotatable bonds is 2. The second-order valence-corrected chi connectivity index (χ2v) is 6.41. The molecule has 2 heteroatoms. The van der Waals surface area contributed by atoms with E-state index in [1.54, 1.807) is 7.11 Å². The molecule has 2 nitrogen and oxygen atoms in total. The normalized spacial score (nSPS) is 26.9. The van der Waals surface area contributed by atoms with Crippen LogP contribution in [-0.4, -0.2) is 12.2 Å². The van der Waals surface area contributed by atoms with E-state index in [0.29, 0.717) is 0 Å². The summed E-state index contributed by atoms with van der Waals surface area (Å²) in [6.45, 7) is 6.55. The van der Waals surface area contributed by atoms with Gasteiger partial charge in [-0.3, -0.25) is 0 Å². The molecule has 1 aliphatic rings. The number of ether oxygens (including phenoxy) is 1. The van der Waals surface area contributed by atoms with Crippen molar-refractivity contribution < 1.29 is 9.84 Å². The van der Waals surface area contributed by atoms with Gasteiger partial charge in [-0.05, 0) is 61.3 Å². The predicted octanol–water partition coefficient (Wildman–Crippen LogP) is 3.79. The zero-order valence-electron chi connectivity index (χ0n) is 11.9. The summed E-state index contributed by atoms with van der Waals surface area (Å²) in [5, 5.41) is 11.0. The predicted molar refractivity (Wildman–Crippen MR) is 73.9 cm³/mol. The van der Waals surface area contributed by atoms with Gasteiger partial charge in [0.15, 0.2) is 0 Å². The van der Waals surface area contributed by atoms with Crippen LogP contribution in [0.15, 0.2) is 18.2 Å². The number of aryl methyl sites for hydroxylation is 1. The molecule has 1 fully saturated rings. The molecule has 0 amide bonds. The molecule has 1 unspecified atom stereocenters. The lowest BCUT2D eigenvalue weighted by Crippen LogP contribution is -2.37. The molecule has 0 bridgehead atoms. The van der Waals surface area contributed by atoms with Crippen LogP contribution in [0.4, 0.5) is 0 Å². The summed E-state index contributed by atoms with van der Waals surface area (Å²) in [5.74, 6) is 0.856. The Morgan fingerprint density at radius 3 is 2.50 bits per heavy atom. The smallest absolute Gasteiger partial charge is 0.119 e. The third-order valence-electron chi connectivity index (χ3n) is 4.15. The Balaban J connectivity index is 2.35. The average Bonchev–Trinajstić information content (AvgIpc) is 2.26. The van der Waals surface area contributed by atoms with Crippen LogP contribution in [0.2, 0.25) is 0 Å². The lowest BCUT2D eigenvalue weighted by atomic mass is 9.67. The Morgan fingerprint density at radius 1 is 1.22 bits per heavy atom. The first kappa shape index (κ1) is 13.4. The van der Waals surface area contributed by atoms with Crippen molar-refractivity contribution in [2.24, 2.45) is 5.41 Å². The van der Waals surface area contributed by atoms with Crippen molar-refractivity contribution in [1.82, 2.24) is 0 Å². The third kappa shape index (κ3) is 2.54. The van der Waals surface area contributed by atoms with Gasteiger partial charge >= 0.3 is 0 Å². The van der Waals surface area contributed by atoms with E-state index in [-0.39, 0.29) is 5.41 Å². The highest BCUT2D eigenvalue weighted by Crippen LogP contribution is 2.47. The number of methoxy groups -OCH3 is 1. The lowest BCUT2D eigenvalue weighted by molar-refractivity contribution is -0.0444. The zero-order chi connectivity index (χ0) is 13.4. The van der Waals surface area contributed by atoms with Crippen molar-refractivity contribution in [2.45, 2.75) is 52.1 Å². The van der Waals surface area contributed by atoms with Crippen LogP contribution in [0.1, 0.15) is 50.7 Å². The Morgan fingerprint density at radius 2 is 1.94 bits per heavy atom. The van der Waals surface area contributed by atoms with Crippen molar-refractivity contribution in [3.05, 3.63) is 29.3 Å². The molecule has 1 aliphatic carbocycles. The van der Waals surface area contributed by atoms with E-state index in [9.17, 15) is 5.11 Å². The van der Waals surface area contributed by atoms with Gasteiger partial charge in [-0.1, -0.05) is 19.9 Å². The van der Waals surface area contributed by atoms with Gasteiger partial charge in [0.25, 0.3) is 0 Å².